The van der Waals surface area contributed by atoms with E-state index in [9.17, 15) is 42.0 Å². The van der Waals surface area contributed by atoms with Gasteiger partial charge in [0.1, 0.15) is 38.6 Å². The summed E-state index contributed by atoms with van der Waals surface area (Å²) >= 11 is 3.19. The maximum absolute atomic E-state index is 12.0. The lowest BCUT2D eigenvalue weighted by Crippen LogP contribution is -2.35. The minimum Gasteiger partial charge on any atom is -0.469 e. The third-order valence-corrected chi connectivity index (χ3v) is 20.6. The van der Waals surface area contributed by atoms with E-state index in [1.54, 1.807) is 78.0 Å². The highest BCUT2D eigenvalue weighted by Gasteiger charge is 2.40. The molecule has 8 aromatic rings. The van der Waals surface area contributed by atoms with Gasteiger partial charge in [-0.3, -0.25) is 19.2 Å². The lowest BCUT2D eigenvalue weighted by atomic mass is 10.1. The van der Waals surface area contributed by atoms with Crippen LogP contribution in [0.25, 0.3) is 0 Å². The first-order valence-corrected chi connectivity index (χ1v) is 35.6. The predicted octanol–water partition coefficient (Wildman–Crippen LogP) is 5.43. The number of carbonyl (C=O) groups is 7. The topological polar surface area (TPSA) is 393 Å². The zero-order valence-corrected chi connectivity index (χ0v) is 65.0. The molecule has 36 heteroatoms. The molecule has 3 N–H and O–H groups in total. The number of nitrogens with two attached hydrogens (primary N) is 1. The summed E-state index contributed by atoms with van der Waals surface area (Å²) in [5, 5.41) is 0. The Morgan fingerprint density at radius 2 is 1.06 bits per heavy atom. The summed E-state index contributed by atoms with van der Waals surface area (Å²) in [5.74, 6) is -2.86. The molecule has 5 atom stereocenters. The van der Waals surface area contributed by atoms with Gasteiger partial charge in [0.05, 0.1) is 142 Å². The molecule has 0 aliphatic heterocycles. The van der Waals surface area contributed by atoms with Gasteiger partial charge >= 0.3 is 29.8 Å². The van der Waals surface area contributed by atoms with Crippen molar-refractivity contribution in [2.75, 3.05) is 35.5 Å². The van der Waals surface area contributed by atoms with Crippen molar-refractivity contribution in [3.05, 3.63) is 141 Å². The molecule has 0 fully saturated rings. The van der Waals surface area contributed by atoms with Gasteiger partial charge in [-0.1, -0.05) is 0 Å². The number of Topliss-reactive ketones (excluding diaryl/α,β-unsaturated/α-hetero) is 2. The summed E-state index contributed by atoms with van der Waals surface area (Å²) in [5.41, 5.74) is 18.1. The van der Waals surface area contributed by atoms with E-state index in [4.69, 9.17) is 5.73 Å². The number of esters is 5. The maximum Gasteiger partial charge on any atom is 0.359 e. The fourth-order valence-electron chi connectivity index (χ4n) is 10.7. The van der Waals surface area contributed by atoms with E-state index in [0.717, 1.165) is 79.1 Å². The van der Waals surface area contributed by atoms with Gasteiger partial charge in [0, 0.05) is 116 Å². The number of hydrogen-bond acceptors (Lipinski definition) is 23. The molecule has 33 nitrogen and oxygen atoms in total. The Balaban J connectivity index is 0.000000186. The van der Waals surface area contributed by atoms with Crippen LogP contribution in [0.2, 0.25) is 0 Å². The smallest absolute Gasteiger partial charge is 0.359 e. The van der Waals surface area contributed by atoms with Crippen molar-refractivity contribution in [3.8, 4) is 0 Å². The molecular formula is C67H94BrN19O14S2. The first kappa shape index (κ1) is 82.7. The quantitative estimate of drug-likeness (QED) is 0.0979. The summed E-state index contributed by atoms with van der Waals surface area (Å²) in [6.45, 7) is 11.7. The number of imidazole rings is 8. The van der Waals surface area contributed by atoms with Crippen molar-refractivity contribution in [3.63, 3.8) is 0 Å². The van der Waals surface area contributed by atoms with E-state index in [-0.39, 0.29) is 51.2 Å². The lowest BCUT2D eigenvalue weighted by Gasteiger charge is -2.21. The van der Waals surface area contributed by atoms with Gasteiger partial charge in [0.15, 0.2) is 28.6 Å². The highest BCUT2D eigenvalue weighted by Crippen LogP contribution is 2.32. The Kier molecular flexibility index (Phi) is 29.5. The number of aryl methyl sites for hydroxylation is 8. The minimum atomic E-state index is -1.19. The molecule has 0 spiro atoms. The van der Waals surface area contributed by atoms with Crippen LogP contribution in [0, 0.1) is 5.92 Å². The zero-order chi connectivity index (χ0) is 76.5. The Hall–Kier alpha value is -9.26. The van der Waals surface area contributed by atoms with Crippen LogP contribution in [0.1, 0.15) is 189 Å². The predicted molar refractivity (Wildman–Crippen MR) is 384 cm³/mol. The number of aromatic nitrogens is 16. The standard InChI is InChI=1S/C11H19N3OS.C11H17N3OS.C10H14N2O4.C9H10N2O3.C7H11N3.C7H8N2O.C6H7BrN2O2.C6H8N2O2/c2*1-11(2,3)16(15)13-8-5-6-9-10(8)12-7-14(9)4;1-12-6-11-9(10(14)16-3)7(12)4-5-8(13)15-2;1-11-4-10-7-6(11)3-5(8(7)12)9(13)14-2;1-10-4-9-7-5(8)2-3-6(7)10;1-9-4-8-7-5(9)2-3-6(7)10;1-9-3-8-4(5(9)7)6(10)11-2;1-8-3-5(7-4-8)6(9)10-2/h7-8,13H,5-6H2,1-4H3;7H,5-6H2,1-4H3;6H,4-5H2,1-3H3;4-5H,3H2,1-2H3;4-5H,2-3,8H2,1H3;4H,2-3H2,1H3;3H,1-2H3;3-4H,1-2H3/t8-,16-;16-;;;5-;;;/m11..1.../s1. The first-order chi connectivity index (χ1) is 48.5. The SMILES string of the molecule is COC(=O)C1Cc2c(ncn2C)C1=O.COC(=O)CCc1c(C(=O)OC)ncn1C.COC(=O)c1cn(C)cn1.COC(=O)c1ncn(C)c1Br.Cn1cnc2c1CCC2=N[S@](=O)C(C)(C)C.Cn1cnc2c1CCC2=O.Cn1cnc2c1CC[C@H]2N.Cn1cnc2c1CC[C@H]2N[S@](=O)C(C)(C)C. The molecule has 0 amide bonds. The lowest BCUT2D eigenvalue weighted by molar-refractivity contribution is -0.143. The number of nitrogens with zero attached hydrogens (tertiary/aromatic N) is 17. The third kappa shape index (κ3) is 21.2. The van der Waals surface area contributed by atoms with E-state index >= 15 is 0 Å². The molecule has 8 heterocycles. The van der Waals surface area contributed by atoms with Crippen LogP contribution < -0.4 is 10.5 Å². The second-order valence-corrected chi connectivity index (χ2v) is 30.8. The van der Waals surface area contributed by atoms with Crippen molar-refractivity contribution in [2.45, 2.75) is 134 Å². The maximum atomic E-state index is 12.0. The third-order valence-electron chi connectivity index (χ3n) is 16.7. The van der Waals surface area contributed by atoms with Gasteiger partial charge in [-0.05, 0) is 102 Å². The van der Waals surface area contributed by atoms with Gasteiger partial charge in [-0.2, -0.15) is 4.40 Å². The monoisotopic (exact) mass is 1530 g/mol. The van der Waals surface area contributed by atoms with E-state index in [2.05, 4.69) is 97.7 Å². The summed E-state index contributed by atoms with van der Waals surface area (Å²) < 4.78 is 69.0. The Labute approximate surface area is 611 Å². The van der Waals surface area contributed by atoms with Crippen LogP contribution in [0.5, 0.6) is 0 Å². The van der Waals surface area contributed by atoms with Crippen molar-refractivity contribution in [1.29, 1.82) is 0 Å². The number of carbonyl (C=O) groups excluding carboxylic acids is 7. The summed E-state index contributed by atoms with van der Waals surface area (Å²) in [6.07, 6.45) is 23.4. The van der Waals surface area contributed by atoms with Crippen LogP contribution in [0.4, 0.5) is 0 Å². The number of methoxy groups -OCH3 is 5. The van der Waals surface area contributed by atoms with Gasteiger partial charge in [-0.15, -0.1) is 0 Å². The van der Waals surface area contributed by atoms with Gasteiger partial charge in [0.25, 0.3) is 0 Å². The van der Waals surface area contributed by atoms with Crippen LogP contribution in [-0.2, 0) is 150 Å². The van der Waals surface area contributed by atoms with Crippen molar-refractivity contribution < 1.29 is 65.7 Å². The second kappa shape index (κ2) is 36.7. The van der Waals surface area contributed by atoms with Crippen LogP contribution in [-0.4, -0.2) is 177 Å². The number of fused-ring (bicyclic) bond motifs is 5. The van der Waals surface area contributed by atoms with Crippen LogP contribution >= 0.6 is 15.9 Å². The molecule has 8 aromatic heterocycles. The number of nitrogens with one attached hydrogen (secondary N) is 1. The van der Waals surface area contributed by atoms with Crippen LogP contribution in [0.3, 0.4) is 0 Å². The average Bonchev–Trinajstić information content (AvgIpc) is 1.65. The zero-order valence-electron chi connectivity index (χ0n) is 61.8. The molecule has 5 aliphatic rings. The molecule has 0 radical (unpaired) electrons. The molecule has 0 bridgehead atoms. The number of ketones is 2. The summed E-state index contributed by atoms with van der Waals surface area (Å²) in [7, 11) is 19.4. The Morgan fingerprint density at radius 1 is 0.553 bits per heavy atom. The van der Waals surface area contributed by atoms with E-state index in [1.165, 1.54) is 65.3 Å². The average molecular weight is 1530 g/mol. The van der Waals surface area contributed by atoms with Gasteiger partial charge in [0.2, 0.25) is 0 Å². The number of hydrogen-bond donors (Lipinski definition) is 2. The molecule has 0 saturated heterocycles. The van der Waals surface area contributed by atoms with Crippen molar-refractivity contribution >= 4 is 85.0 Å². The van der Waals surface area contributed by atoms with Gasteiger partial charge < -0.3 is 66.0 Å². The highest BCUT2D eigenvalue weighted by atomic mass is 79.9. The summed E-state index contributed by atoms with van der Waals surface area (Å²) in [6, 6.07) is 0.340. The molecule has 0 aromatic carbocycles. The van der Waals surface area contributed by atoms with E-state index in [0.29, 0.717) is 52.3 Å². The largest absolute Gasteiger partial charge is 0.469 e. The van der Waals surface area contributed by atoms with Crippen LogP contribution in [0.15, 0.2) is 65.8 Å². The minimum absolute atomic E-state index is 0.149. The Morgan fingerprint density at radius 3 is 1.58 bits per heavy atom. The second-order valence-electron chi connectivity index (χ2n) is 26.2. The first-order valence-electron chi connectivity index (χ1n) is 32.6. The molecule has 0 saturated carbocycles. The van der Waals surface area contributed by atoms with E-state index < -0.39 is 51.8 Å². The normalized spacial score (nSPS) is 16.5. The van der Waals surface area contributed by atoms with Gasteiger partial charge in [-0.25, -0.2) is 67.4 Å². The molecule has 5 aliphatic carbocycles. The molecule has 103 heavy (non-hydrogen) atoms. The molecule has 560 valence electrons. The van der Waals surface area contributed by atoms with E-state index in [1.807, 2.05) is 91.5 Å². The van der Waals surface area contributed by atoms with Crippen molar-refractivity contribution in [2.24, 2.45) is 72.4 Å². The molecule has 1 unspecified atom stereocenters. The number of halogens is 1. The van der Waals surface area contributed by atoms with Crippen molar-refractivity contribution in [1.82, 2.24) is 81.1 Å². The molecule has 13 rings (SSSR count). The molecular weight excluding hydrogens is 1440 g/mol. The highest BCUT2D eigenvalue weighted by molar-refractivity contribution is 9.10. The summed E-state index contributed by atoms with van der Waals surface area (Å²) in [4.78, 5) is 110. The number of ether oxygens (including phenoxy) is 5. The fraction of sp³-hybridized carbons (Fsp3) is 0.522. The number of rotatable bonds is 10. The fourth-order valence-corrected chi connectivity index (χ4v) is 12.6. The Bertz CT molecular complexity index is 4400.